The van der Waals surface area contributed by atoms with E-state index in [1.807, 2.05) is 49.4 Å². The molecule has 0 unspecified atom stereocenters. The van der Waals surface area contributed by atoms with Gasteiger partial charge in [0.2, 0.25) is 11.9 Å². The molecule has 28 heavy (non-hydrogen) atoms. The highest BCUT2D eigenvalue weighted by atomic mass is 19.1. The first-order valence-electron chi connectivity index (χ1n) is 8.95. The SMILES string of the molecule is CCOc1ccccc1CN(C(C)=O)c1cnc(F)cc1Oc1ccccc1. The highest BCUT2D eigenvalue weighted by Gasteiger charge is 2.20. The zero-order chi connectivity index (χ0) is 19.9. The van der Waals surface area contributed by atoms with E-state index in [0.717, 1.165) is 5.56 Å². The zero-order valence-corrected chi connectivity index (χ0v) is 15.8. The van der Waals surface area contributed by atoms with Gasteiger partial charge in [-0.3, -0.25) is 4.79 Å². The molecule has 5 nitrogen and oxygen atoms in total. The molecule has 3 aromatic rings. The number of para-hydroxylation sites is 2. The highest BCUT2D eigenvalue weighted by molar-refractivity contribution is 5.93. The second-order valence-corrected chi connectivity index (χ2v) is 6.04. The lowest BCUT2D eigenvalue weighted by molar-refractivity contribution is -0.116. The highest BCUT2D eigenvalue weighted by Crippen LogP contribution is 2.34. The first kappa shape index (κ1) is 19.4. The molecule has 1 amide bonds. The van der Waals surface area contributed by atoms with E-state index in [1.54, 1.807) is 12.1 Å². The van der Waals surface area contributed by atoms with Crippen molar-refractivity contribution in [1.82, 2.24) is 4.98 Å². The second kappa shape index (κ2) is 8.99. The Hall–Kier alpha value is -3.41. The largest absolute Gasteiger partial charge is 0.494 e. The predicted molar refractivity (Wildman–Crippen MR) is 105 cm³/mol. The van der Waals surface area contributed by atoms with Crippen LogP contribution in [-0.4, -0.2) is 17.5 Å². The van der Waals surface area contributed by atoms with Crippen LogP contribution >= 0.6 is 0 Å². The third kappa shape index (κ3) is 4.65. The van der Waals surface area contributed by atoms with Gasteiger partial charge in [-0.05, 0) is 25.1 Å². The van der Waals surface area contributed by atoms with Gasteiger partial charge in [0.1, 0.15) is 17.2 Å². The van der Waals surface area contributed by atoms with Crippen molar-refractivity contribution in [1.29, 1.82) is 0 Å². The summed E-state index contributed by atoms with van der Waals surface area (Å²) in [6.07, 6.45) is 1.30. The first-order chi connectivity index (χ1) is 13.6. The lowest BCUT2D eigenvalue weighted by Gasteiger charge is -2.24. The third-order valence-corrected chi connectivity index (χ3v) is 4.06. The fraction of sp³-hybridized carbons (Fsp3) is 0.182. The number of halogens is 1. The molecule has 0 N–H and O–H groups in total. The number of rotatable bonds is 7. The number of hydrogen-bond donors (Lipinski definition) is 0. The summed E-state index contributed by atoms with van der Waals surface area (Å²) < 4.78 is 25.3. The molecule has 1 heterocycles. The zero-order valence-electron chi connectivity index (χ0n) is 15.8. The number of ether oxygens (including phenoxy) is 2. The fourth-order valence-corrected chi connectivity index (χ4v) is 2.77. The van der Waals surface area contributed by atoms with Gasteiger partial charge in [0, 0.05) is 18.6 Å². The molecule has 3 rings (SSSR count). The van der Waals surface area contributed by atoms with Crippen molar-refractivity contribution in [3.05, 3.63) is 78.4 Å². The molecule has 2 aromatic carbocycles. The number of carbonyl (C=O) groups excluding carboxylic acids is 1. The van der Waals surface area contributed by atoms with Crippen LogP contribution in [0.2, 0.25) is 0 Å². The van der Waals surface area contributed by atoms with Gasteiger partial charge < -0.3 is 14.4 Å². The van der Waals surface area contributed by atoms with Gasteiger partial charge in [-0.25, -0.2) is 4.98 Å². The summed E-state index contributed by atoms with van der Waals surface area (Å²) in [6, 6.07) is 17.6. The van der Waals surface area contributed by atoms with Gasteiger partial charge in [-0.1, -0.05) is 36.4 Å². The van der Waals surface area contributed by atoms with Crippen LogP contribution in [0, 0.1) is 5.95 Å². The maximum Gasteiger partial charge on any atom is 0.224 e. The molecule has 0 aliphatic carbocycles. The molecular formula is C22H21FN2O3. The molecule has 0 radical (unpaired) electrons. The minimum atomic E-state index is -0.687. The summed E-state index contributed by atoms with van der Waals surface area (Å²) in [5.74, 6) is 0.526. The van der Waals surface area contributed by atoms with Crippen LogP contribution in [0.5, 0.6) is 17.2 Å². The molecule has 6 heteroatoms. The van der Waals surface area contributed by atoms with E-state index >= 15 is 0 Å². The molecule has 144 valence electrons. The number of nitrogens with zero attached hydrogens (tertiary/aromatic N) is 2. The van der Waals surface area contributed by atoms with Crippen LogP contribution in [0.1, 0.15) is 19.4 Å². The van der Waals surface area contributed by atoms with Crippen molar-refractivity contribution in [2.45, 2.75) is 20.4 Å². The van der Waals surface area contributed by atoms with Crippen molar-refractivity contribution in [3.8, 4) is 17.2 Å². The minimum absolute atomic E-state index is 0.211. The average Bonchev–Trinajstić information content (AvgIpc) is 2.69. The van der Waals surface area contributed by atoms with E-state index in [-0.39, 0.29) is 18.2 Å². The smallest absolute Gasteiger partial charge is 0.224 e. The normalized spacial score (nSPS) is 10.4. The maximum absolute atomic E-state index is 13.8. The Kier molecular flexibility index (Phi) is 6.22. The first-order valence-corrected chi connectivity index (χ1v) is 8.95. The monoisotopic (exact) mass is 380 g/mol. The van der Waals surface area contributed by atoms with Crippen molar-refractivity contribution in [2.24, 2.45) is 0 Å². The maximum atomic E-state index is 13.8. The van der Waals surface area contributed by atoms with E-state index in [9.17, 15) is 9.18 Å². The Labute approximate surface area is 163 Å². The summed E-state index contributed by atoms with van der Waals surface area (Å²) >= 11 is 0. The molecule has 0 saturated carbocycles. The Bertz CT molecular complexity index is 948. The number of amides is 1. The van der Waals surface area contributed by atoms with E-state index in [1.165, 1.54) is 24.1 Å². The third-order valence-electron chi connectivity index (χ3n) is 4.06. The summed E-state index contributed by atoms with van der Waals surface area (Å²) in [5.41, 5.74) is 1.21. The van der Waals surface area contributed by atoms with Gasteiger partial charge in [-0.2, -0.15) is 4.39 Å². The average molecular weight is 380 g/mol. The van der Waals surface area contributed by atoms with Crippen molar-refractivity contribution in [2.75, 3.05) is 11.5 Å². The summed E-state index contributed by atoms with van der Waals surface area (Å²) in [6.45, 7) is 4.09. The van der Waals surface area contributed by atoms with Crippen molar-refractivity contribution in [3.63, 3.8) is 0 Å². The lowest BCUT2D eigenvalue weighted by atomic mass is 10.1. The van der Waals surface area contributed by atoms with E-state index in [4.69, 9.17) is 9.47 Å². The van der Waals surface area contributed by atoms with E-state index in [2.05, 4.69) is 4.98 Å². The summed E-state index contributed by atoms with van der Waals surface area (Å²) in [7, 11) is 0. The van der Waals surface area contributed by atoms with Gasteiger partial charge in [-0.15, -0.1) is 0 Å². The molecule has 0 saturated heterocycles. The number of aromatic nitrogens is 1. The number of pyridine rings is 1. The van der Waals surface area contributed by atoms with E-state index in [0.29, 0.717) is 23.8 Å². The molecule has 0 aliphatic heterocycles. The quantitative estimate of drug-likeness (QED) is 0.544. The van der Waals surface area contributed by atoms with Gasteiger partial charge in [0.15, 0.2) is 5.75 Å². The molecule has 1 aromatic heterocycles. The van der Waals surface area contributed by atoms with Crippen LogP contribution in [-0.2, 0) is 11.3 Å². The minimum Gasteiger partial charge on any atom is -0.494 e. The molecule has 0 fully saturated rings. The topological polar surface area (TPSA) is 51.7 Å². The van der Waals surface area contributed by atoms with Gasteiger partial charge >= 0.3 is 0 Å². The molecule has 0 bridgehead atoms. The lowest BCUT2D eigenvalue weighted by Crippen LogP contribution is -2.28. The Balaban J connectivity index is 1.98. The number of carbonyl (C=O) groups is 1. The van der Waals surface area contributed by atoms with Gasteiger partial charge in [0.05, 0.1) is 19.3 Å². The fourth-order valence-electron chi connectivity index (χ4n) is 2.77. The van der Waals surface area contributed by atoms with Crippen LogP contribution in [0.25, 0.3) is 0 Å². The Morgan fingerprint density at radius 1 is 1.07 bits per heavy atom. The van der Waals surface area contributed by atoms with Crippen LogP contribution in [0.4, 0.5) is 10.1 Å². The second-order valence-electron chi connectivity index (χ2n) is 6.04. The van der Waals surface area contributed by atoms with Gasteiger partial charge in [0.25, 0.3) is 0 Å². The summed E-state index contributed by atoms with van der Waals surface area (Å²) in [5, 5.41) is 0. The summed E-state index contributed by atoms with van der Waals surface area (Å²) in [4.78, 5) is 17.6. The standard InChI is InChI=1S/C22H21FN2O3/c1-3-27-20-12-8-7-9-17(20)15-25(16(2)26)19-14-24-22(23)13-21(19)28-18-10-5-4-6-11-18/h4-14H,3,15H2,1-2H3. The molecular weight excluding hydrogens is 359 g/mol. The molecule has 0 aliphatic rings. The molecule has 0 spiro atoms. The Morgan fingerprint density at radius 3 is 2.50 bits per heavy atom. The van der Waals surface area contributed by atoms with E-state index < -0.39 is 5.95 Å². The number of benzene rings is 2. The van der Waals surface area contributed by atoms with Crippen molar-refractivity contribution < 1.29 is 18.7 Å². The van der Waals surface area contributed by atoms with Crippen LogP contribution < -0.4 is 14.4 Å². The Morgan fingerprint density at radius 2 is 1.79 bits per heavy atom. The predicted octanol–water partition coefficient (Wildman–Crippen LogP) is 4.96. The van der Waals surface area contributed by atoms with Crippen LogP contribution in [0.3, 0.4) is 0 Å². The van der Waals surface area contributed by atoms with Crippen molar-refractivity contribution >= 4 is 11.6 Å². The number of anilines is 1. The van der Waals surface area contributed by atoms with Crippen LogP contribution in [0.15, 0.2) is 66.9 Å². The number of hydrogen-bond acceptors (Lipinski definition) is 4. The molecule has 0 atom stereocenters.